The minimum absolute atomic E-state index is 0.0257. The van der Waals surface area contributed by atoms with Crippen molar-refractivity contribution in [3.8, 4) is 0 Å². The van der Waals surface area contributed by atoms with Crippen LogP contribution in [0.25, 0.3) is 0 Å². The molecule has 0 aliphatic rings. The Morgan fingerprint density at radius 1 is 1.69 bits per heavy atom. The molecular formula is C7H15N5O. The van der Waals surface area contributed by atoms with E-state index in [-0.39, 0.29) is 12.1 Å². The van der Waals surface area contributed by atoms with Crippen LogP contribution in [-0.2, 0) is 11.8 Å². The zero-order valence-corrected chi connectivity index (χ0v) is 8.06. The van der Waals surface area contributed by atoms with Crippen LogP contribution in [-0.4, -0.2) is 28.2 Å². The summed E-state index contributed by atoms with van der Waals surface area (Å²) < 4.78 is 6.84. The predicted molar refractivity (Wildman–Crippen MR) is 47.5 cm³/mol. The highest BCUT2D eigenvalue weighted by atomic mass is 16.5. The fourth-order valence-electron chi connectivity index (χ4n) is 1.18. The van der Waals surface area contributed by atoms with Crippen LogP contribution in [0.5, 0.6) is 0 Å². The first-order valence-electron chi connectivity index (χ1n) is 4.04. The van der Waals surface area contributed by atoms with Crippen LogP contribution in [0.4, 0.5) is 0 Å². The highest BCUT2D eigenvalue weighted by Crippen LogP contribution is 2.15. The summed E-state index contributed by atoms with van der Waals surface area (Å²) in [5.41, 5.74) is 3.57. The van der Waals surface area contributed by atoms with E-state index in [1.165, 1.54) is 0 Å². The molecule has 0 radical (unpaired) electrons. The maximum absolute atomic E-state index is 5.41. The number of aryl methyl sites for hydroxylation is 1. The molecule has 6 nitrogen and oxygen atoms in total. The smallest absolute Gasteiger partial charge is 0.0903 e. The van der Waals surface area contributed by atoms with Crippen LogP contribution in [0.1, 0.15) is 18.7 Å². The highest BCUT2D eigenvalue weighted by Gasteiger charge is 2.20. The van der Waals surface area contributed by atoms with E-state index in [0.29, 0.717) is 0 Å². The Kier molecular flexibility index (Phi) is 3.35. The summed E-state index contributed by atoms with van der Waals surface area (Å²) in [6.45, 7) is 1.93. The van der Waals surface area contributed by atoms with Crippen LogP contribution in [0.3, 0.4) is 0 Å². The molecule has 2 atom stereocenters. The summed E-state index contributed by atoms with van der Waals surface area (Å²) in [5, 5.41) is 7.59. The molecule has 2 unspecified atom stereocenters. The molecule has 0 saturated heterocycles. The van der Waals surface area contributed by atoms with Gasteiger partial charge in [-0.2, -0.15) is 0 Å². The highest BCUT2D eigenvalue weighted by molar-refractivity contribution is 5.03. The van der Waals surface area contributed by atoms with Gasteiger partial charge in [-0.1, -0.05) is 5.21 Å². The van der Waals surface area contributed by atoms with Crippen molar-refractivity contribution in [2.24, 2.45) is 12.9 Å². The van der Waals surface area contributed by atoms with Crippen molar-refractivity contribution in [1.29, 1.82) is 0 Å². The van der Waals surface area contributed by atoms with Gasteiger partial charge in [0.05, 0.1) is 24.0 Å². The summed E-state index contributed by atoms with van der Waals surface area (Å²) in [5.74, 6) is 5.41. The maximum Gasteiger partial charge on any atom is 0.0903 e. The SMILES string of the molecule is COC(C)C(NN)c1cnnn1C. The van der Waals surface area contributed by atoms with Gasteiger partial charge >= 0.3 is 0 Å². The first kappa shape index (κ1) is 10.1. The third kappa shape index (κ3) is 2.03. The summed E-state index contributed by atoms with van der Waals surface area (Å²) in [6.07, 6.45) is 1.64. The maximum atomic E-state index is 5.41. The Balaban J connectivity index is 2.84. The first-order chi connectivity index (χ1) is 6.20. The molecule has 0 amide bonds. The monoisotopic (exact) mass is 185 g/mol. The van der Waals surface area contributed by atoms with Crippen LogP contribution in [0, 0.1) is 0 Å². The minimum atomic E-state index is -0.0926. The molecule has 0 spiro atoms. The average molecular weight is 185 g/mol. The van der Waals surface area contributed by atoms with Gasteiger partial charge < -0.3 is 4.74 Å². The number of hydrogen-bond donors (Lipinski definition) is 2. The minimum Gasteiger partial charge on any atom is -0.380 e. The summed E-state index contributed by atoms with van der Waals surface area (Å²) >= 11 is 0. The summed E-state index contributed by atoms with van der Waals surface area (Å²) in [4.78, 5) is 0. The second-order valence-corrected chi connectivity index (χ2v) is 2.87. The van der Waals surface area contributed by atoms with E-state index in [9.17, 15) is 0 Å². The Morgan fingerprint density at radius 2 is 2.38 bits per heavy atom. The Hall–Kier alpha value is -0.980. The van der Waals surface area contributed by atoms with Crippen LogP contribution >= 0.6 is 0 Å². The molecule has 74 valence electrons. The largest absolute Gasteiger partial charge is 0.380 e. The van der Waals surface area contributed by atoms with Crippen molar-refractivity contribution in [2.75, 3.05) is 7.11 Å². The molecular weight excluding hydrogens is 170 g/mol. The summed E-state index contributed by atoms with van der Waals surface area (Å²) in [6, 6.07) is -0.0926. The molecule has 13 heavy (non-hydrogen) atoms. The molecule has 0 saturated carbocycles. The lowest BCUT2D eigenvalue weighted by Gasteiger charge is -2.21. The number of hydrogen-bond acceptors (Lipinski definition) is 5. The third-order valence-electron chi connectivity index (χ3n) is 2.09. The van der Waals surface area contributed by atoms with Crippen molar-refractivity contribution in [3.05, 3.63) is 11.9 Å². The Morgan fingerprint density at radius 3 is 2.77 bits per heavy atom. The van der Waals surface area contributed by atoms with E-state index in [4.69, 9.17) is 10.6 Å². The molecule has 0 fully saturated rings. The first-order valence-corrected chi connectivity index (χ1v) is 4.04. The average Bonchev–Trinajstić information content (AvgIpc) is 2.53. The zero-order valence-electron chi connectivity index (χ0n) is 8.06. The normalized spacial score (nSPS) is 15.7. The van der Waals surface area contributed by atoms with Gasteiger partial charge in [-0.15, -0.1) is 5.10 Å². The molecule has 3 N–H and O–H groups in total. The third-order valence-corrected chi connectivity index (χ3v) is 2.09. The number of rotatable bonds is 4. The second-order valence-electron chi connectivity index (χ2n) is 2.87. The van der Waals surface area contributed by atoms with Gasteiger partial charge in [0.25, 0.3) is 0 Å². The van der Waals surface area contributed by atoms with Crippen LogP contribution in [0.15, 0.2) is 6.20 Å². The lowest BCUT2D eigenvalue weighted by molar-refractivity contribution is 0.0804. The van der Waals surface area contributed by atoms with Crippen molar-refractivity contribution in [1.82, 2.24) is 20.4 Å². The lowest BCUT2D eigenvalue weighted by atomic mass is 10.1. The molecule has 6 heteroatoms. The van der Waals surface area contributed by atoms with Crippen molar-refractivity contribution in [2.45, 2.75) is 19.1 Å². The lowest BCUT2D eigenvalue weighted by Crippen LogP contribution is -2.37. The van der Waals surface area contributed by atoms with E-state index in [1.807, 2.05) is 14.0 Å². The number of aromatic nitrogens is 3. The standard InChI is InChI=1S/C7H15N5O/c1-5(13-3)7(10-8)6-4-9-11-12(6)2/h4-5,7,10H,8H2,1-3H3. The van der Waals surface area contributed by atoms with Crippen LogP contribution in [0.2, 0.25) is 0 Å². The number of methoxy groups -OCH3 is 1. The van der Waals surface area contributed by atoms with Gasteiger partial charge in [0.2, 0.25) is 0 Å². The Labute approximate surface area is 77.0 Å². The zero-order chi connectivity index (χ0) is 9.84. The molecule has 1 aromatic rings. The molecule has 0 aromatic carbocycles. The quantitative estimate of drug-likeness (QED) is 0.481. The van der Waals surface area contributed by atoms with E-state index in [2.05, 4.69) is 15.7 Å². The van der Waals surface area contributed by atoms with E-state index in [0.717, 1.165) is 5.69 Å². The number of nitrogens with two attached hydrogens (primary N) is 1. The molecule has 0 aliphatic heterocycles. The van der Waals surface area contributed by atoms with E-state index in [1.54, 1.807) is 18.0 Å². The number of ether oxygens (including phenoxy) is 1. The van der Waals surface area contributed by atoms with Crippen LogP contribution < -0.4 is 11.3 Å². The fraction of sp³-hybridized carbons (Fsp3) is 0.714. The van der Waals surface area contributed by atoms with E-state index < -0.39 is 0 Å². The van der Waals surface area contributed by atoms with Gasteiger partial charge in [-0.3, -0.25) is 10.5 Å². The van der Waals surface area contributed by atoms with E-state index >= 15 is 0 Å². The van der Waals surface area contributed by atoms with Gasteiger partial charge in [0, 0.05) is 14.2 Å². The molecule has 0 bridgehead atoms. The van der Waals surface area contributed by atoms with Gasteiger partial charge in [0.1, 0.15) is 0 Å². The van der Waals surface area contributed by atoms with Gasteiger partial charge in [-0.25, -0.2) is 5.43 Å². The number of hydrazine groups is 1. The predicted octanol–water partition coefficient (Wildman–Crippen LogP) is -0.646. The van der Waals surface area contributed by atoms with Crippen molar-refractivity contribution in [3.63, 3.8) is 0 Å². The molecule has 1 heterocycles. The van der Waals surface area contributed by atoms with Crippen molar-refractivity contribution < 1.29 is 4.74 Å². The van der Waals surface area contributed by atoms with Gasteiger partial charge in [0.15, 0.2) is 0 Å². The molecule has 0 aliphatic carbocycles. The second kappa shape index (κ2) is 4.31. The topological polar surface area (TPSA) is 78.0 Å². The number of nitrogens with zero attached hydrogens (tertiary/aromatic N) is 3. The Bertz CT molecular complexity index is 261. The fourth-order valence-corrected chi connectivity index (χ4v) is 1.18. The van der Waals surface area contributed by atoms with Crippen molar-refractivity contribution >= 4 is 0 Å². The van der Waals surface area contributed by atoms with Gasteiger partial charge in [-0.05, 0) is 6.92 Å². The molecule has 1 aromatic heterocycles. The number of nitrogens with one attached hydrogen (secondary N) is 1. The summed E-state index contributed by atoms with van der Waals surface area (Å²) in [7, 11) is 3.45. The molecule has 1 rings (SSSR count).